The molecule has 2 aromatic carbocycles. The average molecular weight is 471 g/mol. The summed E-state index contributed by atoms with van der Waals surface area (Å²) in [6, 6.07) is 11.6. The molecule has 0 saturated carbocycles. The minimum atomic E-state index is -0.539. The van der Waals surface area contributed by atoms with Gasteiger partial charge in [-0.15, -0.1) is 0 Å². The Kier molecular flexibility index (Phi) is 6.82. The van der Waals surface area contributed by atoms with E-state index in [1.165, 1.54) is 30.6 Å². The highest BCUT2D eigenvalue weighted by Crippen LogP contribution is 2.33. The van der Waals surface area contributed by atoms with E-state index in [1.54, 1.807) is 19.5 Å². The summed E-state index contributed by atoms with van der Waals surface area (Å²) in [5, 5.41) is 9.53. The molecule has 0 radical (unpaired) electrons. The van der Waals surface area contributed by atoms with Gasteiger partial charge in [0.25, 0.3) is 0 Å². The number of rotatable bonds is 8. The number of fused-ring (bicyclic) bond motifs is 1. The number of halogens is 1. The van der Waals surface area contributed by atoms with Gasteiger partial charge >= 0.3 is 0 Å². The Morgan fingerprint density at radius 3 is 2.83 bits per heavy atom. The lowest BCUT2D eigenvalue weighted by molar-refractivity contribution is -0.111. The van der Waals surface area contributed by atoms with E-state index in [0.29, 0.717) is 28.3 Å². The van der Waals surface area contributed by atoms with E-state index < -0.39 is 11.7 Å². The number of benzene rings is 2. The van der Waals surface area contributed by atoms with E-state index >= 15 is 0 Å². The lowest BCUT2D eigenvalue weighted by Crippen LogP contribution is -2.10. The molecule has 2 heterocycles. The second-order valence-corrected chi connectivity index (χ2v) is 7.28. The van der Waals surface area contributed by atoms with E-state index in [-0.39, 0.29) is 11.6 Å². The predicted molar refractivity (Wildman–Crippen MR) is 136 cm³/mol. The highest BCUT2D eigenvalue weighted by atomic mass is 19.1. The van der Waals surface area contributed by atoms with Crippen molar-refractivity contribution >= 4 is 46.2 Å². The number of aromatic nitrogens is 2. The fourth-order valence-corrected chi connectivity index (χ4v) is 3.28. The van der Waals surface area contributed by atoms with Crippen LogP contribution in [0.4, 0.5) is 27.5 Å². The standard InChI is InChI=1S/C25H22FN7O2/c1-3-23(34)30-17-6-7-20(26)21(11-17)32-24-19(16-5-4-15-8-9-35-22(15)10-16)14-29-25(33-24)31-18(12-27)13-28-2/h3-14H,1,27H2,2H3,(H,30,34)(H2,29,31,32,33)/b18-12+,28-13?. The minimum absolute atomic E-state index is 0.0987. The van der Waals surface area contributed by atoms with Gasteiger partial charge in [-0.25, -0.2) is 9.37 Å². The van der Waals surface area contributed by atoms with Crippen molar-refractivity contribution in [3.05, 3.63) is 85.3 Å². The number of amides is 1. The summed E-state index contributed by atoms with van der Waals surface area (Å²) in [7, 11) is 1.60. The first-order chi connectivity index (χ1) is 17.0. The number of carbonyl (C=O) groups excluding carboxylic acids is 1. The molecule has 5 N–H and O–H groups in total. The molecule has 35 heavy (non-hydrogen) atoms. The van der Waals surface area contributed by atoms with Gasteiger partial charge in [0.2, 0.25) is 11.9 Å². The van der Waals surface area contributed by atoms with Crippen LogP contribution in [0.1, 0.15) is 0 Å². The fourth-order valence-electron chi connectivity index (χ4n) is 3.28. The lowest BCUT2D eigenvalue weighted by Gasteiger charge is -2.15. The average Bonchev–Trinajstić information content (AvgIpc) is 3.34. The van der Waals surface area contributed by atoms with Crippen molar-refractivity contribution in [3.8, 4) is 11.1 Å². The highest BCUT2D eigenvalue weighted by molar-refractivity contribution is 5.99. The summed E-state index contributed by atoms with van der Waals surface area (Å²) in [6.45, 7) is 3.42. The van der Waals surface area contributed by atoms with Crippen LogP contribution in [0.5, 0.6) is 0 Å². The second kappa shape index (κ2) is 10.3. The van der Waals surface area contributed by atoms with Crippen LogP contribution in [-0.2, 0) is 4.79 Å². The van der Waals surface area contributed by atoms with Crippen molar-refractivity contribution in [2.45, 2.75) is 0 Å². The number of allylic oxidation sites excluding steroid dienone is 1. The quantitative estimate of drug-likeness (QED) is 0.214. The van der Waals surface area contributed by atoms with Gasteiger partial charge in [-0.2, -0.15) is 4.98 Å². The largest absolute Gasteiger partial charge is 0.464 e. The lowest BCUT2D eigenvalue weighted by atomic mass is 10.1. The molecule has 0 unspecified atom stereocenters. The molecule has 0 fully saturated rings. The number of nitrogens with one attached hydrogen (secondary N) is 3. The molecule has 1 amide bonds. The summed E-state index contributed by atoms with van der Waals surface area (Å²) < 4.78 is 20.2. The number of anilines is 4. The van der Waals surface area contributed by atoms with Gasteiger partial charge in [0, 0.05) is 42.3 Å². The van der Waals surface area contributed by atoms with Crippen LogP contribution in [0.15, 0.2) is 88.9 Å². The van der Waals surface area contributed by atoms with E-state index in [4.69, 9.17) is 10.2 Å². The van der Waals surface area contributed by atoms with Crippen molar-refractivity contribution in [2.75, 3.05) is 23.0 Å². The van der Waals surface area contributed by atoms with Gasteiger partial charge in [-0.1, -0.05) is 18.7 Å². The summed E-state index contributed by atoms with van der Waals surface area (Å²) in [4.78, 5) is 24.5. The second-order valence-electron chi connectivity index (χ2n) is 7.28. The van der Waals surface area contributed by atoms with Crippen LogP contribution in [0.2, 0.25) is 0 Å². The topological polar surface area (TPSA) is 130 Å². The van der Waals surface area contributed by atoms with E-state index in [9.17, 15) is 9.18 Å². The number of furan rings is 1. The van der Waals surface area contributed by atoms with Crippen LogP contribution in [0.25, 0.3) is 22.1 Å². The maximum Gasteiger partial charge on any atom is 0.247 e. The number of carbonyl (C=O) groups is 1. The Labute approximate surface area is 200 Å². The third-order valence-corrected chi connectivity index (χ3v) is 4.93. The van der Waals surface area contributed by atoms with E-state index in [1.807, 2.05) is 24.3 Å². The Bertz CT molecular complexity index is 1460. The van der Waals surface area contributed by atoms with Gasteiger partial charge < -0.3 is 26.1 Å². The highest BCUT2D eigenvalue weighted by Gasteiger charge is 2.14. The number of nitrogens with two attached hydrogens (primary N) is 1. The van der Waals surface area contributed by atoms with Crippen LogP contribution in [0, 0.1) is 5.82 Å². The summed E-state index contributed by atoms with van der Waals surface area (Å²) in [5.41, 5.74) is 8.62. The SMILES string of the molecule is C=CC(=O)Nc1ccc(F)c(Nc2nc(N/C(C=NC)=C/N)ncc2-c2ccc3ccoc3c2)c1. The smallest absolute Gasteiger partial charge is 0.247 e. The molecular formula is C25H22FN7O2. The maximum absolute atomic E-state index is 14.7. The number of nitrogens with zero attached hydrogens (tertiary/aromatic N) is 3. The molecule has 176 valence electrons. The van der Waals surface area contributed by atoms with Crippen LogP contribution in [0.3, 0.4) is 0 Å². The maximum atomic E-state index is 14.7. The molecule has 0 aliphatic heterocycles. The third-order valence-electron chi connectivity index (χ3n) is 4.93. The Balaban J connectivity index is 1.77. The van der Waals surface area contributed by atoms with Crippen molar-refractivity contribution in [3.63, 3.8) is 0 Å². The first-order valence-corrected chi connectivity index (χ1v) is 10.5. The summed E-state index contributed by atoms with van der Waals surface area (Å²) >= 11 is 0. The van der Waals surface area contributed by atoms with Crippen molar-refractivity contribution < 1.29 is 13.6 Å². The normalized spacial score (nSPS) is 11.5. The molecule has 9 nitrogen and oxygen atoms in total. The van der Waals surface area contributed by atoms with E-state index in [0.717, 1.165) is 17.0 Å². The van der Waals surface area contributed by atoms with Gasteiger partial charge in [-0.05, 0) is 42.0 Å². The Hall–Kier alpha value is -4.99. The van der Waals surface area contributed by atoms with E-state index in [2.05, 4.69) is 37.5 Å². The summed E-state index contributed by atoms with van der Waals surface area (Å²) in [5.74, 6) is -0.433. The fraction of sp³-hybridized carbons (Fsp3) is 0.0400. The molecule has 0 bridgehead atoms. The molecule has 0 aliphatic carbocycles. The first kappa shape index (κ1) is 23.2. The number of aliphatic imine (C=N–C) groups is 1. The molecule has 0 atom stereocenters. The molecule has 0 spiro atoms. The minimum Gasteiger partial charge on any atom is -0.464 e. The van der Waals surface area contributed by atoms with Crippen molar-refractivity contribution in [2.24, 2.45) is 10.7 Å². The van der Waals surface area contributed by atoms with Crippen molar-refractivity contribution in [1.82, 2.24) is 9.97 Å². The molecule has 10 heteroatoms. The van der Waals surface area contributed by atoms with Gasteiger partial charge in [-0.3, -0.25) is 9.79 Å². The Morgan fingerprint density at radius 2 is 2.06 bits per heavy atom. The zero-order valence-electron chi connectivity index (χ0n) is 18.7. The zero-order chi connectivity index (χ0) is 24.8. The zero-order valence-corrected chi connectivity index (χ0v) is 18.7. The number of hydrogen-bond acceptors (Lipinski definition) is 8. The molecule has 4 aromatic rings. The molecule has 0 aliphatic rings. The number of hydrogen-bond donors (Lipinski definition) is 4. The molecule has 4 rings (SSSR count). The van der Waals surface area contributed by atoms with Gasteiger partial charge in [0.1, 0.15) is 17.2 Å². The monoisotopic (exact) mass is 471 g/mol. The Morgan fingerprint density at radius 1 is 1.20 bits per heavy atom. The van der Waals surface area contributed by atoms with Crippen LogP contribution in [-0.4, -0.2) is 29.1 Å². The van der Waals surface area contributed by atoms with Crippen LogP contribution < -0.4 is 21.7 Å². The molecule has 0 saturated heterocycles. The van der Waals surface area contributed by atoms with Crippen molar-refractivity contribution in [1.29, 1.82) is 0 Å². The van der Waals surface area contributed by atoms with Gasteiger partial charge in [0.05, 0.1) is 17.6 Å². The predicted octanol–water partition coefficient (Wildman–Crippen LogP) is 4.81. The third kappa shape index (κ3) is 5.33. The molecular weight excluding hydrogens is 449 g/mol. The van der Waals surface area contributed by atoms with Crippen LogP contribution >= 0.6 is 0 Å². The van der Waals surface area contributed by atoms with Gasteiger partial charge in [0.15, 0.2) is 0 Å². The molecule has 2 aromatic heterocycles. The first-order valence-electron chi connectivity index (χ1n) is 10.5. The summed E-state index contributed by atoms with van der Waals surface area (Å²) in [6.07, 6.45) is 7.17.